The molecule has 1 amide bonds. The molecule has 7 nitrogen and oxygen atoms in total. The van der Waals surface area contributed by atoms with Gasteiger partial charge in [0.15, 0.2) is 5.78 Å². The number of allylic oxidation sites excluding steroid dienone is 1. The molecule has 136 valence electrons. The van der Waals surface area contributed by atoms with E-state index >= 15 is 0 Å². The third kappa shape index (κ3) is 2.31. The van der Waals surface area contributed by atoms with Crippen LogP contribution in [0.4, 0.5) is 5.69 Å². The molecule has 26 heavy (non-hydrogen) atoms. The van der Waals surface area contributed by atoms with Crippen LogP contribution in [0.2, 0.25) is 0 Å². The SMILES string of the molecule is CC(=O)C1=C(C)OC(N)=C(C(=O)OC(C)C)[C@]12C(=O)Nc1ccccc12. The van der Waals surface area contributed by atoms with Gasteiger partial charge >= 0.3 is 5.97 Å². The quantitative estimate of drug-likeness (QED) is 0.801. The van der Waals surface area contributed by atoms with Crippen molar-refractivity contribution in [2.75, 3.05) is 5.32 Å². The van der Waals surface area contributed by atoms with Gasteiger partial charge in [0.05, 0.1) is 11.7 Å². The second-order valence-electron chi connectivity index (χ2n) is 6.53. The first-order valence-corrected chi connectivity index (χ1v) is 8.23. The normalized spacial score (nSPS) is 21.7. The number of nitrogens with one attached hydrogen (secondary N) is 1. The lowest BCUT2D eigenvalue weighted by atomic mass is 9.66. The molecular formula is C19H20N2O5. The number of rotatable bonds is 3. The van der Waals surface area contributed by atoms with E-state index in [4.69, 9.17) is 15.2 Å². The fourth-order valence-corrected chi connectivity index (χ4v) is 3.63. The van der Waals surface area contributed by atoms with Gasteiger partial charge in [0.25, 0.3) is 0 Å². The number of hydrogen-bond donors (Lipinski definition) is 2. The lowest BCUT2D eigenvalue weighted by molar-refractivity contribution is -0.144. The molecule has 2 heterocycles. The van der Waals surface area contributed by atoms with Gasteiger partial charge < -0.3 is 20.5 Å². The Morgan fingerprint density at radius 3 is 2.50 bits per heavy atom. The van der Waals surface area contributed by atoms with Crippen LogP contribution in [0.1, 0.15) is 33.3 Å². The van der Waals surface area contributed by atoms with Crippen LogP contribution in [0, 0.1) is 0 Å². The summed E-state index contributed by atoms with van der Waals surface area (Å²) in [5.41, 5.74) is 5.19. The average molecular weight is 356 g/mol. The maximum atomic E-state index is 13.2. The van der Waals surface area contributed by atoms with Crippen molar-refractivity contribution >= 4 is 23.3 Å². The van der Waals surface area contributed by atoms with Crippen LogP contribution < -0.4 is 11.1 Å². The second kappa shape index (κ2) is 6.01. The minimum Gasteiger partial charge on any atom is -0.459 e. The van der Waals surface area contributed by atoms with Gasteiger partial charge in [-0.3, -0.25) is 9.59 Å². The third-order valence-corrected chi connectivity index (χ3v) is 4.43. The monoisotopic (exact) mass is 356 g/mol. The Bertz CT molecular complexity index is 897. The van der Waals surface area contributed by atoms with Crippen LogP contribution in [0.3, 0.4) is 0 Å². The minimum atomic E-state index is -1.69. The maximum Gasteiger partial charge on any atom is 0.341 e. The van der Waals surface area contributed by atoms with E-state index < -0.39 is 29.2 Å². The second-order valence-corrected chi connectivity index (χ2v) is 6.53. The molecule has 0 aromatic heterocycles. The van der Waals surface area contributed by atoms with E-state index in [9.17, 15) is 14.4 Å². The molecule has 1 spiro atoms. The number of Topliss-reactive ketones (excluding diaryl/α,β-unsaturated/α-hetero) is 1. The van der Waals surface area contributed by atoms with Gasteiger partial charge in [-0.25, -0.2) is 4.79 Å². The van der Waals surface area contributed by atoms with Gasteiger partial charge in [-0.15, -0.1) is 0 Å². The number of ketones is 1. The number of esters is 1. The van der Waals surface area contributed by atoms with E-state index in [0.29, 0.717) is 11.3 Å². The number of nitrogens with two attached hydrogens (primary N) is 1. The maximum absolute atomic E-state index is 13.2. The molecule has 0 fully saturated rings. The topological polar surface area (TPSA) is 108 Å². The molecule has 2 aliphatic heterocycles. The number of carbonyl (C=O) groups excluding carboxylic acids is 3. The van der Waals surface area contributed by atoms with Crippen LogP contribution >= 0.6 is 0 Å². The summed E-state index contributed by atoms with van der Waals surface area (Å²) in [5, 5.41) is 2.74. The molecule has 0 radical (unpaired) electrons. The predicted molar refractivity (Wildman–Crippen MR) is 93.7 cm³/mol. The van der Waals surface area contributed by atoms with Crippen molar-refractivity contribution in [1.82, 2.24) is 0 Å². The zero-order chi connectivity index (χ0) is 19.2. The largest absolute Gasteiger partial charge is 0.459 e. The first-order valence-electron chi connectivity index (χ1n) is 8.23. The van der Waals surface area contributed by atoms with Crippen molar-refractivity contribution in [2.45, 2.75) is 39.2 Å². The van der Waals surface area contributed by atoms with E-state index in [1.807, 2.05) is 0 Å². The minimum absolute atomic E-state index is 0.0739. The number of fused-ring (bicyclic) bond motifs is 2. The van der Waals surface area contributed by atoms with Crippen LogP contribution in [-0.2, 0) is 29.3 Å². The number of hydrogen-bond acceptors (Lipinski definition) is 6. The number of carbonyl (C=O) groups is 3. The Morgan fingerprint density at radius 2 is 1.88 bits per heavy atom. The van der Waals surface area contributed by atoms with Crippen molar-refractivity contribution in [2.24, 2.45) is 5.73 Å². The molecule has 0 saturated carbocycles. The number of para-hydroxylation sites is 1. The molecule has 3 N–H and O–H groups in total. The van der Waals surface area contributed by atoms with Crippen LogP contribution in [0.5, 0.6) is 0 Å². The number of anilines is 1. The Balaban J connectivity index is 2.38. The van der Waals surface area contributed by atoms with Crippen molar-refractivity contribution in [3.63, 3.8) is 0 Å². The molecule has 1 aromatic carbocycles. The lowest BCUT2D eigenvalue weighted by Crippen LogP contribution is -2.48. The fourth-order valence-electron chi connectivity index (χ4n) is 3.63. The molecular weight excluding hydrogens is 336 g/mol. The number of amides is 1. The molecule has 0 bridgehead atoms. The molecule has 0 aliphatic carbocycles. The summed E-state index contributed by atoms with van der Waals surface area (Å²) < 4.78 is 10.8. The Labute approximate surface area is 150 Å². The fraction of sp³-hybridized carbons (Fsp3) is 0.316. The van der Waals surface area contributed by atoms with Crippen LogP contribution in [-0.4, -0.2) is 23.8 Å². The van der Waals surface area contributed by atoms with Gasteiger partial charge in [0.1, 0.15) is 16.7 Å². The summed E-state index contributed by atoms with van der Waals surface area (Å²) >= 11 is 0. The van der Waals surface area contributed by atoms with Crippen molar-refractivity contribution in [1.29, 1.82) is 0 Å². The number of ether oxygens (including phenoxy) is 2. The third-order valence-electron chi connectivity index (χ3n) is 4.43. The summed E-state index contributed by atoms with van der Waals surface area (Å²) in [6, 6.07) is 6.86. The van der Waals surface area contributed by atoms with Crippen molar-refractivity contribution in [3.8, 4) is 0 Å². The van der Waals surface area contributed by atoms with Gasteiger partial charge in [-0.05, 0) is 33.8 Å². The Hall–Kier alpha value is -3.09. The molecule has 2 aliphatic rings. The first kappa shape index (κ1) is 17.7. The molecule has 1 aromatic rings. The van der Waals surface area contributed by atoms with Gasteiger partial charge in [0, 0.05) is 11.3 Å². The molecule has 7 heteroatoms. The summed E-state index contributed by atoms with van der Waals surface area (Å²) in [6.07, 6.45) is -0.438. The lowest BCUT2D eigenvalue weighted by Gasteiger charge is -2.35. The molecule has 1 atom stereocenters. The molecule has 3 rings (SSSR count). The summed E-state index contributed by atoms with van der Waals surface area (Å²) in [6.45, 7) is 6.23. The zero-order valence-corrected chi connectivity index (χ0v) is 15.0. The predicted octanol–water partition coefficient (Wildman–Crippen LogP) is 1.89. The summed E-state index contributed by atoms with van der Waals surface area (Å²) in [7, 11) is 0. The highest BCUT2D eigenvalue weighted by molar-refractivity contribution is 6.22. The zero-order valence-electron chi connectivity index (χ0n) is 15.0. The van der Waals surface area contributed by atoms with E-state index in [-0.39, 0.29) is 22.8 Å². The van der Waals surface area contributed by atoms with Crippen molar-refractivity contribution in [3.05, 3.63) is 52.6 Å². The van der Waals surface area contributed by atoms with Crippen molar-refractivity contribution < 1.29 is 23.9 Å². The highest BCUT2D eigenvalue weighted by Gasteiger charge is 2.60. The number of benzene rings is 1. The Morgan fingerprint density at radius 1 is 1.23 bits per heavy atom. The summed E-state index contributed by atoms with van der Waals surface area (Å²) in [5.74, 6) is -1.79. The average Bonchev–Trinajstić information content (AvgIpc) is 2.79. The van der Waals surface area contributed by atoms with Crippen LogP contribution in [0.15, 0.2) is 47.1 Å². The first-order chi connectivity index (χ1) is 12.2. The standard InChI is InChI=1S/C19H20N2O5/c1-9(2)25-17(23)15-16(20)26-11(4)14(10(3)22)19(15)12-7-5-6-8-13(12)21-18(19)24/h5-9H,20H2,1-4H3,(H,21,24)/t19-/m1/s1. The smallest absolute Gasteiger partial charge is 0.341 e. The van der Waals surface area contributed by atoms with E-state index in [0.717, 1.165) is 0 Å². The highest BCUT2D eigenvalue weighted by atomic mass is 16.5. The van der Waals surface area contributed by atoms with Crippen LogP contribution in [0.25, 0.3) is 0 Å². The highest BCUT2D eigenvalue weighted by Crippen LogP contribution is 2.52. The van der Waals surface area contributed by atoms with Gasteiger partial charge in [0.2, 0.25) is 11.8 Å². The van der Waals surface area contributed by atoms with E-state index in [1.165, 1.54) is 6.92 Å². The Kier molecular flexibility index (Phi) is 4.10. The van der Waals surface area contributed by atoms with Gasteiger partial charge in [-0.1, -0.05) is 18.2 Å². The van der Waals surface area contributed by atoms with E-state index in [1.54, 1.807) is 45.0 Å². The van der Waals surface area contributed by atoms with E-state index in [2.05, 4.69) is 5.32 Å². The molecule has 0 saturated heterocycles. The summed E-state index contributed by atoms with van der Waals surface area (Å²) in [4.78, 5) is 38.5. The molecule has 0 unspecified atom stereocenters. The van der Waals surface area contributed by atoms with Gasteiger partial charge in [-0.2, -0.15) is 0 Å².